The first kappa shape index (κ1) is 13.4. The van der Waals surface area contributed by atoms with E-state index < -0.39 is 11.6 Å². The van der Waals surface area contributed by atoms with Crippen molar-refractivity contribution in [1.29, 1.82) is 0 Å². The van der Waals surface area contributed by atoms with Crippen molar-refractivity contribution in [2.45, 2.75) is 38.7 Å². The minimum absolute atomic E-state index is 0.215. The molecule has 0 aromatic rings. The van der Waals surface area contributed by atoms with Gasteiger partial charge in [0.25, 0.3) is 0 Å². The molecule has 0 aliphatic rings. The van der Waals surface area contributed by atoms with Crippen molar-refractivity contribution in [1.82, 2.24) is 4.90 Å². The lowest BCUT2D eigenvalue weighted by atomic mass is 10.1. The maximum atomic E-state index is 10.2. The van der Waals surface area contributed by atoms with Crippen LogP contribution in [0, 0.1) is 0 Å². The number of hydrogen-bond acceptors (Lipinski definition) is 3. The zero-order valence-corrected chi connectivity index (χ0v) is 9.29. The van der Waals surface area contributed by atoms with E-state index >= 15 is 0 Å². The fraction of sp³-hybridized carbons (Fsp3) is 0.900. The molecule has 0 amide bonds. The Labute approximate surface area is 85.5 Å². The molecule has 14 heavy (non-hydrogen) atoms. The van der Waals surface area contributed by atoms with Crippen LogP contribution in [0.15, 0.2) is 0 Å². The molecule has 0 spiro atoms. The average Bonchev–Trinajstić information content (AvgIpc) is 1.99. The van der Waals surface area contributed by atoms with Gasteiger partial charge in [-0.15, -0.1) is 0 Å². The fourth-order valence-electron chi connectivity index (χ4n) is 1.08. The Balaban J connectivity index is 3.46. The highest BCUT2D eigenvalue weighted by atomic mass is 16.4. The highest BCUT2D eigenvalue weighted by Crippen LogP contribution is 2.07. The van der Waals surface area contributed by atoms with E-state index in [1.165, 1.54) is 0 Å². The first-order valence-electron chi connectivity index (χ1n) is 4.94. The fourth-order valence-corrected chi connectivity index (χ4v) is 1.08. The Morgan fingerprint density at radius 1 is 1.36 bits per heavy atom. The van der Waals surface area contributed by atoms with Crippen LogP contribution in [0.2, 0.25) is 0 Å². The van der Waals surface area contributed by atoms with Crippen LogP contribution in [0.5, 0.6) is 0 Å². The van der Waals surface area contributed by atoms with Gasteiger partial charge in [0.15, 0.2) is 0 Å². The van der Waals surface area contributed by atoms with Crippen molar-refractivity contribution < 1.29 is 15.0 Å². The summed E-state index contributed by atoms with van der Waals surface area (Å²) >= 11 is 0. The van der Waals surface area contributed by atoms with Crippen molar-refractivity contribution in [2.75, 3.05) is 20.1 Å². The Hall–Kier alpha value is -0.610. The molecule has 0 radical (unpaired) electrons. The Morgan fingerprint density at radius 3 is 2.36 bits per heavy atom. The van der Waals surface area contributed by atoms with Crippen molar-refractivity contribution in [2.24, 2.45) is 0 Å². The van der Waals surface area contributed by atoms with Crippen molar-refractivity contribution in [3.63, 3.8) is 0 Å². The number of hydrogen-bond donors (Lipinski definition) is 2. The van der Waals surface area contributed by atoms with Crippen molar-refractivity contribution in [3.05, 3.63) is 0 Å². The number of rotatable bonds is 7. The first-order valence-corrected chi connectivity index (χ1v) is 4.94. The number of aliphatic carboxylic acids is 1. The van der Waals surface area contributed by atoms with Gasteiger partial charge in [-0.05, 0) is 40.3 Å². The van der Waals surface area contributed by atoms with Gasteiger partial charge in [-0.3, -0.25) is 4.79 Å². The maximum absolute atomic E-state index is 10.2. The lowest BCUT2D eigenvalue weighted by Crippen LogP contribution is -2.29. The predicted octanol–water partition coefficient (Wildman–Crippen LogP) is 0.944. The zero-order valence-electron chi connectivity index (χ0n) is 9.29. The smallest absolute Gasteiger partial charge is 0.303 e. The SMILES string of the molecule is CN(CCCC(=O)O)CCC(C)(C)O. The Bertz CT molecular complexity index is 175. The van der Waals surface area contributed by atoms with E-state index in [2.05, 4.69) is 0 Å². The molecule has 0 unspecified atom stereocenters. The Morgan fingerprint density at radius 2 is 1.93 bits per heavy atom. The van der Waals surface area contributed by atoms with Crippen LogP contribution in [-0.2, 0) is 4.79 Å². The molecule has 4 nitrogen and oxygen atoms in total. The predicted molar refractivity (Wildman–Crippen MR) is 55.3 cm³/mol. The van der Waals surface area contributed by atoms with Gasteiger partial charge in [0.1, 0.15) is 0 Å². The second-order valence-corrected chi connectivity index (χ2v) is 4.36. The minimum Gasteiger partial charge on any atom is -0.481 e. The van der Waals surface area contributed by atoms with E-state index in [0.717, 1.165) is 13.1 Å². The topological polar surface area (TPSA) is 60.8 Å². The normalized spacial score (nSPS) is 12.1. The second-order valence-electron chi connectivity index (χ2n) is 4.36. The largest absolute Gasteiger partial charge is 0.481 e. The second kappa shape index (κ2) is 5.98. The van der Waals surface area contributed by atoms with Crippen LogP contribution in [0.4, 0.5) is 0 Å². The van der Waals surface area contributed by atoms with Gasteiger partial charge in [-0.2, -0.15) is 0 Å². The molecule has 0 rings (SSSR count). The van der Waals surface area contributed by atoms with E-state index in [-0.39, 0.29) is 6.42 Å². The summed E-state index contributed by atoms with van der Waals surface area (Å²) in [5.41, 5.74) is -0.638. The molecule has 0 aliphatic heterocycles. The number of carboxylic acids is 1. The highest BCUT2D eigenvalue weighted by molar-refractivity contribution is 5.66. The van der Waals surface area contributed by atoms with Crippen LogP contribution in [0.3, 0.4) is 0 Å². The van der Waals surface area contributed by atoms with E-state index in [1.807, 2.05) is 11.9 Å². The van der Waals surface area contributed by atoms with Crippen LogP contribution >= 0.6 is 0 Å². The highest BCUT2D eigenvalue weighted by Gasteiger charge is 2.13. The number of aliphatic hydroxyl groups is 1. The number of carboxylic acid groups (broad SMARTS) is 1. The molecule has 0 aliphatic carbocycles. The monoisotopic (exact) mass is 203 g/mol. The molecular formula is C10H21NO3. The lowest BCUT2D eigenvalue weighted by molar-refractivity contribution is -0.137. The summed E-state index contributed by atoms with van der Waals surface area (Å²) in [5.74, 6) is -0.749. The third-order valence-corrected chi connectivity index (χ3v) is 2.04. The van der Waals surface area contributed by atoms with Crippen LogP contribution in [0.1, 0.15) is 33.1 Å². The summed E-state index contributed by atoms with van der Waals surface area (Å²) in [6.07, 6.45) is 1.58. The van der Waals surface area contributed by atoms with E-state index in [4.69, 9.17) is 5.11 Å². The zero-order chi connectivity index (χ0) is 11.2. The molecule has 4 heteroatoms. The summed E-state index contributed by atoms with van der Waals surface area (Å²) in [4.78, 5) is 12.3. The Kier molecular flexibility index (Phi) is 5.72. The molecule has 0 heterocycles. The summed E-state index contributed by atoms with van der Waals surface area (Å²) in [7, 11) is 1.94. The summed E-state index contributed by atoms with van der Waals surface area (Å²) in [5, 5.41) is 17.9. The number of nitrogens with zero attached hydrogens (tertiary/aromatic N) is 1. The van der Waals surface area contributed by atoms with Crippen LogP contribution in [0.25, 0.3) is 0 Å². The molecule has 0 atom stereocenters. The van der Waals surface area contributed by atoms with Gasteiger partial charge in [0.05, 0.1) is 5.60 Å². The molecular weight excluding hydrogens is 182 g/mol. The van der Waals surface area contributed by atoms with Gasteiger partial charge in [0, 0.05) is 13.0 Å². The van der Waals surface area contributed by atoms with Crippen molar-refractivity contribution in [3.8, 4) is 0 Å². The molecule has 0 bridgehead atoms. The molecule has 0 saturated carbocycles. The standard InChI is InChI=1S/C10H21NO3/c1-10(2,14)6-8-11(3)7-4-5-9(12)13/h14H,4-8H2,1-3H3,(H,12,13). The third-order valence-electron chi connectivity index (χ3n) is 2.04. The summed E-state index contributed by atoms with van der Waals surface area (Å²) < 4.78 is 0. The van der Waals surface area contributed by atoms with Gasteiger partial charge in [-0.1, -0.05) is 0 Å². The van der Waals surface area contributed by atoms with E-state index in [0.29, 0.717) is 12.8 Å². The third kappa shape index (κ3) is 9.48. The molecule has 0 aromatic heterocycles. The first-order chi connectivity index (χ1) is 6.31. The molecule has 0 fully saturated rings. The summed E-state index contributed by atoms with van der Waals surface area (Å²) in [6, 6.07) is 0. The maximum Gasteiger partial charge on any atom is 0.303 e. The summed E-state index contributed by atoms with van der Waals surface area (Å²) in [6.45, 7) is 5.11. The van der Waals surface area contributed by atoms with E-state index in [1.54, 1.807) is 13.8 Å². The lowest BCUT2D eigenvalue weighted by Gasteiger charge is -2.22. The average molecular weight is 203 g/mol. The molecule has 2 N–H and O–H groups in total. The molecule has 0 aromatic carbocycles. The van der Waals surface area contributed by atoms with E-state index in [9.17, 15) is 9.90 Å². The van der Waals surface area contributed by atoms with Gasteiger partial charge in [-0.25, -0.2) is 0 Å². The van der Waals surface area contributed by atoms with Crippen LogP contribution in [-0.4, -0.2) is 46.8 Å². The molecule has 84 valence electrons. The number of carbonyl (C=O) groups is 1. The van der Waals surface area contributed by atoms with Crippen LogP contribution < -0.4 is 0 Å². The van der Waals surface area contributed by atoms with Gasteiger partial charge < -0.3 is 15.1 Å². The van der Waals surface area contributed by atoms with Gasteiger partial charge >= 0.3 is 5.97 Å². The quantitative estimate of drug-likeness (QED) is 0.646. The van der Waals surface area contributed by atoms with Gasteiger partial charge in [0.2, 0.25) is 0 Å². The van der Waals surface area contributed by atoms with Crippen molar-refractivity contribution >= 4 is 5.97 Å². The molecule has 0 saturated heterocycles. The minimum atomic E-state index is -0.749.